The van der Waals surface area contributed by atoms with Crippen LogP contribution in [-0.2, 0) is 23.9 Å². The van der Waals surface area contributed by atoms with Gasteiger partial charge in [0.05, 0.1) is 13.7 Å². The number of carbonyl (C=O) groups excluding carboxylic acids is 3. The Hall–Kier alpha value is -2.41. The third-order valence-corrected chi connectivity index (χ3v) is 5.39. The van der Waals surface area contributed by atoms with Crippen LogP contribution in [-0.4, -0.2) is 54.0 Å². The molecule has 7 heteroatoms. The van der Waals surface area contributed by atoms with Gasteiger partial charge in [0.15, 0.2) is 5.78 Å². The summed E-state index contributed by atoms with van der Waals surface area (Å²) < 4.78 is 10.2. The Kier molecular flexibility index (Phi) is 5.24. The second kappa shape index (κ2) is 7.31. The molecule has 0 aromatic heterocycles. The molecule has 0 radical (unpaired) electrons. The molecule has 0 bridgehead atoms. The minimum Gasteiger partial charge on any atom is -0.468 e. The smallest absolute Gasteiger partial charge is 0.323 e. The van der Waals surface area contributed by atoms with Crippen LogP contribution in [0, 0.1) is 11.8 Å². The molecule has 3 rings (SSSR count). The van der Waals surface area contributed by atoms with Crippen LogP contribution in [0.2, 0.25) is 0 Å². The van der Waals surface area contributed by atoms with Gasteiger partial charge in [0.25, 0.3) is 0 Å². The number of fused-ring (bicyclic) bond motifs is 2. The van der Waals surface area contributed by atoms with Gasteiger partial charge in [-0.2, -0.15) is 0 Å². The molecule has 3 aliphatic heterocycles. The van der Waals surface area contributed by atoms with E-state index < -0.39 is 35.5 Å². The fourth-order valence-corrected chi connectivity index (χ4v) is 4.43. The van der Waals surface area contributed by atoms with Gasteiger partial charge in [-0.15, -0.1) is 0 Å². The zero-order valence-electron chi connectivity index (χ0n) is 16.1. The van der Waals surface area contributed by atoms with Crippen LogP contribution in [0.15, 0.2) is 36.2 Å². The number of esters is 2. The van der Waals surface area contributed by atoms with E-state index in [0.717, 1.165) is 0 Å². The number of carbonyl (C=O) groups is 3. The van der Waals surface area contributed by atoms with E-state index in [0.29, 0.717) is 12.1 Å². The van der Waals surface area contributed by atoms with E-state index in [1.54, 1.807) is 19.2 Å². The van der Waals surface area contributed by atoms with E-state index in [1.165, 1.54) is 7.11 Å². The van der Waals surface area contributed by atoms with Crippen molar-refractivity contribution < 1.29 is 23.9 Å². The van der Waals surface area contributed by atoms with Gasteiger partial charge in [0.1, 0.15) is 17.5 Å². The molecule has 1 saturated heterocycles. The van der Waals surface area contributed by atoms with Gasteiger partial charge >= 0.3 is 11.9 Å². The molecule has 0 aromatic rings. The van der Waals surface area contributed by atoms with Crippen molar-refractivity contribution in [2.24, 2.45) is 11.8 Å². The standard InChI is InChI=1S/C20H26N2O5/c1-5-27-18(24)16-17(19(25)26-4)21-14(10-12(2)3)20(16)15(23)11-13-8-6-7-9-22(13)20/h6-9,11-12,14,16-17,21H,5,10H2,1-4H3/t14-,16+,17+,20-/m0/s1. The number of hydrogen-bond donors (Lipinski definition) is 1. The minimum atomic E-state index is -1.24. The summed E-state index contributed by atoms with van der Waals surface area (Å²) in [6, 6.07) is -1.36. The van der Waals surface area contributed by atoms with Crippen molar-refractivity contribution in [3.05, 3.63) is 36.2 Å². The molecule has 0 aliphatic carbocycles. The summed E-state index contributed by atoms with van der Waals surface area (Å²) in [5.41, 5.74) is -0.538. The molecule has 0 unspecified atom stereocenters. The number of ketones is 1. The van der Waals surface area contributed by atoms with Crippen molar-refractivity contribution in [1.29, 1.82) is 0 Å². The van der Waals surface area contributed by atoms with Gasteiger partial charge in [0.2, 0.25) is 0 Å². The van der Waals surface area contributed by atoms with Crippen molar-refractivity contribution in [2.75, 3.05) is 13.7 Å². The molecule has 0 aromatic carbocycles. The average molecular weight is 374 g/mol. The SMILES string of the molecule is CCOC(=O)[C@H]1[C@H](C(=O)OC)N[C@@H](CC(C)C)[C@]12C(=O)C=C1C=CC=CN12. The summed E-state index contributed by atoms with van der Waals surface area (Å²) >= 11 is 0. The van der Waals surface area contributed by atoms with Crippen LogP contribution in [0.25, 0.3) is 0 Å². The number of hydrogen-bond acceptors (Lipinski definition) is 7. The molecule has 7 nitrogen and oxygen atoms in total. The van der Waals surface area contributed by atoms with E-state index in [4.69, 9.17) is 9.47 Å². The largest absolute Gasteiger partial charge is 0.468 e. The summed E-state index contributed by atoms with van der Waals surface area (Å²) in [4.78, 5) is 40.6. The summed E-state index contributed by atoms with van der Waals surface area (Å²) in [6.07, 6.45) is 9.43. The van der Waals surface area contributed by atoms with Gasteiger partial charge in [-0.25, -0.2) is 0 Å². The van der Waals surface area contributed by atoms with Crippen molar-refractivity contribution >= 4 is 17.7 Å². The van der Waals surface area contributed by atoms with E-state index in [9.17, 15) is 14.4 Å². The topological polar surface area (TPSA) is 84.9 Å². The lowest BCUT2D eigenvalue weighted by atomic mass is 9.73. The Labute approximate surface area is 159 Å². The Bertz CT molecular complexity index is 739. The summed E-state index contributed by atoms with van der Waals surface area (Å²) in [5.74, 6) is -2.10. The molecule has 3 heterocycles. The fraction of sp³-hybridized carbons (Fsp3) is 0.550. The van der Waals surface area contributed by atoms with Crippen LogP contribution in [0.1, 0.15) is 27.2 Å². The quantitative estimate of drug-likeness (QED) is 0.727. The highest BCUT2D eigenvalue weighted by atomic mass is 16.5. The molecule has 0 saturated carbocycles. The first-order valence-corrected chi connectivity index (χ1v) is 9.28. The molecular formula is C20H26N2O5. The van der Waals surface area contributed by atoms with Crippen molar-refractivity contribution in [1.82, 2.24) is 10.2 Å². The Morgan fingerprint density at radius 3 is 2.67 bits per heavy atom. The highest BCUT2D eigenvalue weighted by Crippen LogP contribution is 2.47. The second-order valence-corrected chi connectivity index (χ2v) is 7.41. The first-order chi connectivity index (χ1) is 12.9. The van der Waals surface area contributed by atoms with E-state index in [2.05, 4.69) is 5.32 Å². The lowest BCUT2D eigenvalue weighted by Crippen LogP contribution is -2.61. The fourth-order valence-electron chi connectivity index (χ4n) is 4.43. The summed E-state index contributed by atoms with van der Waals surface area (Å²) in [7, 11) is 1.28. The van der Waals surface area contributed by atoms with Crippen LogP contribution in [0.3, 0.4) is 0 Å². The van der Waals surface area contributed by atoms with Crippen molar-refractivity contribution in [3.63, 3.8) is 0 Å². The number of methoxy groups -OCH3 is 1. The molecule has 27 heavy (non-hydrogen) atoms. The maximum absolute atomic E-state index is 13.3. The minimum absolute atomic E-state index is 0.165. The maximum Gasteiger partial charge on any atom is 0.323 e. The zero-order valence-corrected chi connectivity index (χ0v) is 16.1. The molecule has 1 spiro atoms. The molecule has 1 fully saturated rings. The maximum atomic E-state index is 13.3. The third-order valence-electron chi connectivity index (χ3n) is 5.39. The van der Waals surface area contributed by atoms with Crippen molar-refractivity contribution in [3.8, 4) is 0 Å². The van der Waals surface area contributed by atoms with Gasteiger partial charge in [0, 0.05) is 24.0 Å². The normalized spacial score (nSPS) is 31.4. The van der Waals surface area contributed by atoms with Gasteiger partial charge in [-0.05, 0) is 31.4 Å². The first kappa shape index (κ1) is 19.4. The third kappa shape index (κ3) is 2.90. The highest BCUT2D eigenvalue weighted by molar-refractivity contribution is 6.07. The molecule has 0 amide bonds. The van der Waals surface area contributed by atoms with Crippen LogP contribution in [0.5, 0.6) is 0 Å². The summed E-state index contributed by atoms with van der Waals surface area (Å²) in [6.45, 7) is 5.95. The van der Waals surface area contributed by atoms with E-state index in [1.807, 2.05) is 37.0 Å². The van der Waals surface area contributed by atoms with Crippen molar-refractivity contribution in [2.45, 2.75) is 44.8 Å². The van der Waals surface area contributed by atoms with Crippen LogP contribution >= 0.6 is 0 Å². The van der Waals surface area contributed by atoms with Gasteiger partial charge in [-0.1, -0.05) is 19.9 Å². The highest BCUT2D eigenvalue weighted by Gasteiger charge is 2.68. The summed E-state index contributed by atoms with van der Waals surface area (Å²) in [5, 5.41) is 3.23. The second-order valence-electron chi connectivity index (χ2n) is 7.41. The Morgan fingerprint density at radius 2 is 2.04 bits per heavy atom. The average Bonchev–Trinajstić information content (AvgIpc) is 3.11. The monoisotopic (exact) mass is 374 g/mol. The van der Waals surface area contributed by atoms with Gasteiger partial charge in [-0.3, -0.25) is 19.7 Å². The molecular weight excluding hydrogens is 348 g/mol. The lowest BCUT2D eigenvalue weighted by Gasteiger charge is -2.42. The molecule has 3 aliphatic rings. The Morgan fingerprint density at radius 1 is 1.30 bits per heavy atom. The zero-order chi connectivity index (χ0) is 19.8. The first-order valence-electron chi connectivity index (χ1n) is 9.28. The van der Waals surface area contributed by atoms with Crippen LogP contribution < -0.4 is 5.32 Å². The number of nitrogens with zero attached hydrogens (tertiary/aromatic N) is 1. The van der Waals surface area contributed by atoms with E-state index >= 15 is 0 Å². The Balaban J connectivity index is 2.16. The molecule has 146 valence electrons. The lowest BCUT2D eigenvalue weighted by molar-refractivity contribution is -0.159. The number of allylic oxidation sites excluding steroid dienone is 3. The number of ether oxygens (including phenoxy) is 2. The predicted octanol–water partition coefficient (Wildman–Crippen LogP) is 1.32. The molecule has 1 N–H and O–H groups in total. The number of nitrogens with one attached hydrogen (secondary N) is 1. The van der Waals surface area contributed by atoms with Crippen LogP contribution in [0.4, 0.5) is 0 Å². The van der Waals surface area contributed by atoms with Gasteiger partial charge < -0.3 is 14.4 Å². The predicted molar refractivity (Wildman–Crippen MR) is 98.2 cm³/mol. The molecule has 4 atom stereocenters. The van der Waals surface area contributed by atoms with E-state index in [-0.39, 0.29) is 18.3 Å². The number of rotatable bonds is 5.